The SMILES string of the molecule is C[C@@H](N(C)CC(=O)Nc1ccc(S(=O)(=O)N2CCOCC2)cc1)C(C)(C)C. The van der Waals surface area contributed by atoms with Crippen molar-refractivity contribution in [3.8, 4) is 0 Å². The van der Waals surface area contributed by atoms with E-state index in [-0.39, 0.29) is 28.8 Å². The lowest BCUT2D eigenvalue weighted by molar-refractivity contribution is -0.117. The summed E-state index contributed by atoms with van der Waals surface area (Å²) in [5.41, 5.74) is 0.655. The fourth-order valence-electron chi connectivity index (χ4n) is 2.87. The Bertz CT molecular complexity index is 735. The quantitative estimate of drug-likeness (QED) is 0.794. The zero-order chi connectivity index (χ0) is 20.2. The molecule has 27 heavy (non-hydrogen) atoms. The van der Waals surface area contributed by atoms with Crippen molar-refractivity contribution < 1.29 is 17.9 Å². The molecule has 1 atom stereocenters. The van der Waals surface area contributed by atoms with Crippen molar-refractivity contribution in [2.75, 3.05) is 45.2 Å². The summed E-state index contributed by atoms with van der Waals surface area (Å²) >= 11 is 0. The number of amides is 1. The van der Waals surface area contributed by atoms with Gasteiger partial charge in [0.2, 0.25) is 15.9 Å². The van der Waals surface area contributed by atoms with Crippen LogP contribution >= 0.6 is 0 Å². The Hall–Kier alpha value is -1.48. The zero-order valence-electron chi connectivity index (χ0n) is 16.9. The molecule has 1 amide bonds. The standard InChI is InChI=1S/C19H31N3O4S/c1-15(19(2,3)4)21(5)14-18(23)20-16-6-8-17(9-7-16)27(24,25)22-10-12-26-13-11-22/h6-9,15H,10-14H2,1-5H3,(H,20,23)/t15-/m1/s1. The third kappa shape index (κ3) is 5.75. The number of hydrogen-bond donors (Lipinski definition) is 1. The third-order valence-corrected chi connectivity index (χ3v) is 6.97. The fraction of sp³-hybridized carbons (Fsp3) is 0.632. The Morgan fingerprint density at radius 3 is 2.30 bits per heavy atom. The predicted octanol–water partition coefficient (Wildman–Crippen LogP) is 2.01. The van der Waals surface area contributed by atoms with Crippen LogP contribution in [0.25, 0.3) is 0 Å². The number of rotatable bonds is 6. The van der Waals surface area contributed by atoms with Crippen molar-refractivity contribution in [1.82, 2.24) is 9.21 Å². The summed E-state index contributed by atoms with van der Waals surface area (Å²) in [5.74, 6) is -0.127. The third-order valence-electron chi connectivity index (χ3n) is 5.05. The molecule has 1 aromatic rings. The second kappa shape index (κ2) is 8.68. The molecule has 1 saturated heterocycles. The fourth-order valence-corrected chi connectivity index (χ4v) is 4.28. The first kappa shape index (κ1) is 21.8. The molecule has 152 valence electrons. The number of nitrogens with zero attached hydrogens (tertiary/aromatic N) is 2. The maximum atomic E-state index is 12.6. The van der Waals surface area contributed by atoms with Gasteiger partial charge in [-0.1, -0.05) is 20.8 Å². The molecule has 8 heteroatoms. The molecular formula is C19H31N3O4S. The van der Waals surface area contributed by atoms with E-state index in [2.05, 4.69) is 33.0 Å². The molecule has 1 aromatic carbocycles. The Labute approximate surface area is 162 Å². The van der Waals surface area contributed by atoms with Crippen molar-refractivity contribution in [2.24, 2.45) is 5.41 Å². The molecule has 1 aliphatic heterocycles. The van der Waals surface area contributed by atoms with E-state index in [1.165, 1.54) is 16.4 Å². The Balaban J connectivity index is 1.98. The number of likely N-dealkylation sites (N-methyl/N-ethyl adjacent to an activating group) is 1. The first-order valence-corrected chi connectivity index (χ1v) is 10.6. The topological polar surface area (TPSA) is 79.0 Å². The van der Waals surface area contributed by atoms with Crippen LogP contribution in [-0.4, -0.2) is 69.5 Å². The smallest absolute Gasteiger partial charge is 0.243 e. The molecule has 0 radical (unpaired) electrons. The Morgan fingerprint density at radius 2 is 1.78 bits per heavy atom. The first-order valence-electron chi connectivity index (χ1n) is 9.20. The highest BCUT2D eigenvalue weighted by molar-refractivity contribution is 7.89. The number of benzene rings is 1. The number of hydrogen-bond acceptors (Lipinski definition) is 5. The van der Waals surface area contributed by atoms with Gasteiger partial charge in [0.05, 0.1) is 24.7 Å². The number of anilines is 1. The minimum absolute atomic E-state index is 0.0739. The van der Waals surface area contributed by atoms with Gasteiger partial charge in [-0.05, 0) is 43.7 Å². The highest BCUT2D eigenvalue weighted by Crippen LogP contribution is 2.23. The van der Waals surface area contributed by atoms with E-state index in [0.29, 0.717) is 32.0 Å². The molecule has 0 saturated carbocycles. The van der Waals surface area contributed by atoms with E-state index < -0.39 is 10.0 Å². The largest absolute Gasteiger partial charge is 0.379 e. The molecule has 7 nitrogen and oxygen atoms in total. The van der Waals surface area contributed by atoms with Crippen LogP contribution in [0.3, 0.4) is 0 Å². The van der Waals surface area contributed by atoms with E-state index >= 15 is 0 Å². The number of nitrogens with one attached hydrogen (secondary N) is 1. The van der Waals surface area contributed by atoms with E-state index in [4.69, 9.17) is 4.74 Å². The number of carbonyl (C=O) groups is 1. The van der Waals surface area contributed by atoms with Crippen LogP contribution in [0, 0.1) is 5.41 Å². The summed E-state index contributed by atoms with van der Waals surface area (Å²) < 4.78 is 31.9. The van der Waals surface area contributed by atoms with Crippen molar-refractivity contribution >= 4 is 21.6 Å². The molecule has 0 bridgehead atoms. The zero-order valence-corrected chi connectivity index (χ0v) is 17.7. The minimum Gasteiger partial charge on any atom is -0.379 e. The van der Waals surface area contributed by atoms with Crippen LogP contribution in [0.1, 0.15) is 27.7 Å². The van der Waals surface area contributed by atoms with Gasteiger partial charge < -0.3 is 10.1 Å². The van der Waals surface area contributed by atoms with Crippen LogP contribution in [0.15, 0.2) is 29.2 Å². The van der Waals surface area contributed by atoms with E-state index in [1.807, 2.05) is 11.9 Å². The molecule has 1 fully saturated rings. The first-order chi connectivity index (χ1) is 12.5. The lowest BCUT2D eigenvalue weighted by atomic mass is 9.87. The van der Waals surface area contributed by atoms with Gasteiger partial charge in [0.15, 0.2) is 0 Å². The monoisotopic (exact) mass is 397 g/mol. The number of sulfonamides is 1. The maximum absolute atomic E-state index is 12.6. The normalized spacial score (nSPS) is 17.7. The van der Waals surface area contributed by atoms with Crippen LogP contribution in [0.2, 0.25) is 0 Å². The summed E-state index contributed by atoms with van der Waals surface area (Å²) in [6, 6.07) is 6.55. The van der Waals surface area contributed by atoms with Crippen molar-refractivity contribution in [2.45, 2.75) is 38.6 Å². The van der Waals surface area contributed by atoms with Crippen LogP contribution in [0.5, 0.6) is 0 Å². The average molecular weight is 398 g/mol. The number of ether oxygens (including phenoxy) is 1. The second-order valence-corrected chi connectivity index (χ2v) is 9.98. The second-order valence-electron chi connectivity index (χ2n) is 8.05. The summed E-state index contributed by atoms with van der Waals surface area (Å²) in [5, 5.41) is 2.83. The van der Waals surface area contributed by atoms with Crippen LogP contribution in [-0.2, 0) is 19.6 Å². The molecule has 0 spiro atoms. The number of morpholine rings is 1. The van der Waals surface area contributed by atoms with Crippen molar-refractivity contribution in [3.05, 3.63) is 24.3 Å². The molecular weight excluding hydrogens is 366 g/mol. The van der Waals surface area contributed by atoms with Gasteiger partial charge >= 0.3 is 0 Å². The summed E-state index contributed by atoms with van der Waals surface area (Å²) in [4.78, 5) is 14.5. The van der Waals surface area contributed by atoms with Crippen LogP contribution < -0.4 is 5.32 Å². The molecule has 0 unspecified atom stereocenters. The highest BCUT2D eigenvalue weighted by Gasteiger charge is 2.27. The summed E-state index contributed by atoms with van der Waals surface area (Å²) in [6.07, 6.45) is 0. The Kier molecular flexibility index (Phi) is 7.02. The van der Waals surface area contributed by atoms with Gasteiger partial charge in [-0.3, -0.25) is 9.69 Å². The predicted molar refractivity (Wildman–Crippen MR) is 106 cm³/mol. The molecule has 0 aromatic heterocycles. The number of carbonyl (C=O) groups excluding carboxylic acids is 1. The lowest BCUT2D eigenvalue weighted by Crippen LogP contribution is -2.43. The van der Waals surface area contributed by atoms with Crippen LogP contribution in [0.4, 0.5) is 5.69 Å². The molecule has 2 rings (SSSR count). The van der Waals surface area contributed by atoms with Gasteiger partial charge in [0.25, 0.3) is 0 Å². The molecule has 1 N–H and O–H groups in total. The van der Waals surface area contributed by atoms with Crippen molar-refractivity contribution in [1.29, 1.82) is 0 Å². The maximum Gasteiger partial charge on any atom is 0.243 e. The van der Waals surface area contributed by atoms with Gasteiger partial charge in [-0.15, -0.1) is 0 Å². The van der Waals surface area contributed by atoms with E-state index in [0.717, 1.165) is 0 Å². The molecule has 0 aliphatic carbocycles. The van der Waals surface area contributed by atoms with E-state index in [1.54, 1.807) is 12.1 Å². The van der Waals surface area contributed by atoms with Crippen molar-refractivity contribution in [3.63, 3.8) is 0 Å². The van der Waals surface area contributed by atoms with Gasteiger partial charge in [-0.2, -0.15) is 4.31 Å². The van der Waals surface area contributed by atoms with E-state index in [9.17, 15) is 13.2 Å². The minimum atomic E-state index is -3.52. The Morgan fingerprint density at radius 1 is 1.22 bits per heavy atom. The van der Waals surface area contributed by atoms with Gasteiger partial charge in [0, 0.05) is 24.8 Å². The van der Waals surface area contributed by atoms with Gasteiger partial charge in [0.1, 0.15) is 0 Å². The molecule has 1 aliphatic rings. The highest BCUT2D eigenvalue weighted by atomic mass is 32.2. The summed E-state index contributed by atoms with van der Waals surface area (Å²) in [7, 11) is -1.60. The summed E-state index contributed by atoms with van der Waals surface area (Å²) in [6.45, 7) is 10.3. The van der Waals surface area contributed by atoms with Gasteiger partial charge in [-0.25, -0.2) is 8.42 Å². The molecule has 1 heterocycles. The average Bonchev–Trinajstić information content (AvgIpc) is 2.61. The lowest BCUT2D eigenvalue weighted by Gasteiger charge is -2.34.